The smallest absolute Gasteiger partial charge is 0.321 e. The molecule has 1 fully saturated rings. The maximum absolute atomic E-state index is 12.3. The SMILES string of the molecule is CNC(=O)C1CNCCN1C(=O)c1ccc([N+](=O)[O-])[nH]1. The van der Waals surface area contributed by atoms with E-state index in [1.165, 1.54) is 24.1 Å². The third kappa shape index (κ3) is 2.62. The molecule has 20 heavy (non-hydrogen) atoms. The minimum absolute atomic E-state index is 0.104. The van der Waals surface area contributed by atoms with E-state index in [-0.39, 0.29) is 17.4 Å². The molecule has 1 aromatic heterocycles. The van der Waals surface area contributed by atoms with E-state index >= 15 is 0 Å². The van der Waals surface area contributed by atoms with Gasteiger partial charge >= 0.3 is 5.82 Å². The van der Waals surface area contributed by atoms with Crippen LogP contribution >= 0.6 is 0 Å². The molecule has 108 valence electrons. The Labute approximate surface area is 114 Å². The molecule has 0 aliphatic carbocycles. The average Bonchev–Trinajstić information content (AvgIpc) is 2.95. The van der Waals surface area contributed by atoms with Crippen LogP contribution in [0.1, 0.15) is 10.5 Å². The van der Waals surface area contributed by atoms with Crippen molar-refractivity contribution >= 4 is 17.6 Å². The molecule has 2 amide bonds. The van der Waals surface area contributed by atoms with Crippen molar-refractivity contribution in [3.05, 3.63) is 27.9 Å². The van der Waals surface area contributed by atoms with E-state index < -0.39 is 16.9 Å². The first-order valence-corrected chi connectivity index (χ1v) is 6.11. The minimum Gasteiger partial charge on any atom is -0.358 e. The number of amides is 2. The van der Waals surface area contributed by atoms with Crippen molar-refractivity contribution in [3.8, 4) is 0 Å². The van der Waals surface area contributed by atoms with Crippen LogP contribution in [-0.2, 0) is 4.79 Å². The zero-order valence-corrected chi connectivity index (χ0v) is 10.9. The summed E-state index contributed by atoms with van der Waals surface area (Å²) in [5.41, 5.74) is 0.104. The molecule has 0 aromatic carbocycles. The van der Waals surface area contributed by atoms with E-state index in [9.17, 15) is 19.7 Å². The second-order valence-electron chi connectivity index (χ2n) is 4.35. The Morgan fingerprint density at radius 2 is 2.25 bits per heavy atom. The predicted octanol–water partition coefficient (Wildman–Crippen LogP) is -0.917. The lowest BCUT2D eigenvalue weighted by atomic mass is 10.1. The number of aromatic amines is 1. The molecule has 2 rings (SSSR count). The van der Waals surface area contributed by atoms with Crippen LogP contribution < -0.4 is 10.6 Å². The summed E-state index contributed by atoms with van der Waals surface area (Å²) in [5.74, 6) is -0.945. The molecule has 1 aromatic rings. The lowest BCUT2D eigenvalue weighted by molar-refractivity contribution is -0.389. The molecule has 0 bridgehead atoms. The van der Waals surface area contributed by atoms with Crippen molar-refractivity contribution < 1.29 is 14.5 Å². The van der Waals surface area contributed by atoms with E-state index in [4.69, 9.17) is 0 Å². The Morgan fingerprint density at radius 3 is 2.85 bits per heavy atom. The van der Waals surface area contributed by atoms with Gasteiger partial charge in [-0.2, -0.15) is 0 Å². The first-order valence-electron chi connectivity index (χ1n) is 6.11. The zero-order valence-electron chi connectivity index (χ0n) is 10.9. The average molecular weight is 281 g/mol. The van der Waals surface area contributed by atoms with E-state index in [1.54, 1.807) is 0 Å². The van der Waals surface area contributed by atoms with Gasteiger partial charge in [-0.3, -0.25) is 9.59 Å². The summed E-state index contributed by atoms with van der Waals surface area (Å²) in [7, 11) is 1.50. The molecule has 1 aliphatic heterocycles. The molecule has 0 spiro atoms. The van der Waals surface area contributed by atoms with Gasteiger partial charge in [0.25, 0.3) is 5.91 Å². The molecule has 1 atom stereocenters. The molecule has 9 heteroatoms. The van der Waals surface area contributed by atoms with Crippen molar-refractivity contribution in [2.24, 2.45) is 0 Å². The molecule has 1 saturated heterocycles. The van der Waals surface area contributed by atoms with Crippen LogP contribution in [0.4, 0.5) is 5.82 Å². The zero-order chi connectivity index (χ0) is 14.7. The van der Waals surface area contributed by atoms with E-state index in [0.717, 1.165) is 0 Å². The lowest BCUT2D eigenvalue weighted by Gasteiger charge is -2.34. The third-order valence-electron chi connectivity index (χ3n) is 3.15. The first-order chi connectivity index (χ1) is 9.54. The predicted molar refractivity (Wildman–Crippen MR) is 69.2 cm³/mol. The van der Waals surface area contributed by atoms with Gasteiger partial charge in [-0.25, -0.2) is 4.98 Å². The van der Waals surface area contributed by atoms with Crippen LogP contribution in [0.5, 0.6) is 0 Å². The summed E-state index contributed by atoms with van der Waals surface area (Å²) in [4.78, 5) is 37.9. The van der Waals surface area contributed by atoms with Crippen molar-refractivity contribution in [2.75, 3.05) is 26.7 Å². The van der Waals surface area contributed by atoms with Gasteiger partial charge in [-0.15, -0.1) is 0 Å². The third-order valence-corrected chi connectivity index (χ3v) is 3.15. The summed E-state index contributed by atoms with van der Waals surface area (Å²) in [5, 5.41) is 16.1. The maximum Gasteiger partial charge on any atom is 0.321 e. The Balaban J connectivity index is 2.20. The van der Waals surface area contributed by atoms with Crippen molar-refractivity contribution in [1.82, 2.24) is 20.5 Å². The number of carbonyl (C=O) groups is 2. The Kier molecular flexibility index (Phi) is 3.99. The van der Waals surface area contributed by atoms with Gasteiger partial charge in [-0.05, 0) is 11.0 Å². The number of likely N-dealkylation sites (N-methyl/N-ethyl adjacent to an activating group) is 1. The highest BCUT2D eigenvalue weighted by atomic mass is 16.6. The van der Waals surface area contributed by atoms with Crippen molar-refractivity contribution in [1.29, 1.82) is 0 Å². The lowest BCUT2D eigenvalue weighted by Crippen LogP contribution is -2.59. The van der Waals surface area contributed by atoms with Gasteiger partial charge in [-0.1, -0.05) is 0 Å². The fourth-order valence-electron chi connectivity index (χ4n) is 2.12. The number of aromatic nitrogens is 1. The largest absolute Gasteiger partial charge is 0.358 e. The maximum atomic E-state index is 12.3. The van der Waals surface area contributed by atoms with E-state index in [1.807, 2.05) is 0 Å². The van der Waals surface area contributed by atoms with Gasteiger partial charge < -0.3 is 25.6 Å². The van der Waals surface area contributed by atoms with Gasteiger partial charge in [0.1, 0.15) is 6.04 Å². The summed E-state index contributed by atoms with van der Waals surface area (Å²) >= 11 is 0. The number of H-pyrrole nitrogens is 1. The number of hydrogen-bond acceptors (Lipinski definition) is 5. The quantitative estimate of drug-likeness (QED) is 0.489. The Hall–Kier alpha value is -2.42. The summed E-state index contributed by atoms with van der Waals surface area (Å²) in [6, 6.07) is 1.96. The molecule has 1 unspecified atom stereocenters. The Bertz CT molecular complexity index is 541. The van der Waals surface area contributed by atoms with Gasteiger partial charge in [0, 0.05) is 32.7 Å². The van der Waals surface area contributed by atoms with Crippen LogP contribution in [0.15, 0.2) is 12.1 Å². The van der Waals surface area contributed by atoms with Gasteiger partial charge in [0.2, 0.25) is 5.91 Å². The molecular formula is C11H15N5O4. The summed E-state index contributed by atoms with van der Waals surface area (Å²) in [6.45, 7) is 1.29. The summed E-state index contributed by atoms with van der Waals surface area (Å²) in [6.07, 6.45) is 0. The highest BCUT2D eigenvalue weighted by Gasteiger charge is 2.33. The van der Waals surface area contributed by atoms with Crippen molar-refractivity contribution in [3.63, 3.8) is 0 Å². The highest BCUT2D eigenvalue weighted by Crippen LogP contribution is 2.14. The monoisotopic (exact) mass is 281 g/mol. The molecule has 0 saturated carbocycles. The number of piperazine rings is 1. The fourth-order valence-corrected chi connectivity index (χ4v) is 2.12. The summed E-state index contributed by atoms with van der Waals surface area (Å²) < 4.78 is 0. The van der Waals surface area contributed by atoms with Gasteiger partial charge in [0.15, 0.2) is 5.69 Å². The van der Waals surface area contributed by atoms with Crippen LogP contribution in [0, 0.1) is 10.1 Å². The number of nitro groups is 1. The molecule has 1 aliphatic rings. The van der Waals surface area contributed by atoms with E-state index in [0.29, 0.717) is 19.6 Å². The normalized spacial score (nSPS) is 18.6. The Morgan fingerprint density at radius 1 is 1.50 bits per heavy atom. The second-order valence-corrected chi connectivity index (χ2v) is 4.35. The second kappa shape index (κ2) is 5.70. The van der Waals surface area contributed by atoms with Crippen LogP contribution in [-0.4, -0.2) is 59.3 Å². The molecule has 9 nitrogen and oxygen atoms in total. The van der Waals surface area contributed by atoms with Crippen LogP contribution in [0.3, 0.4) is 0 Å². The highest BCUT2D eigenvalue weighted by molar-refractivity contribution is 5.96. The standard InChI is InChI=1S/C11H15N5O4/c1-12-10(17)8-6-13-4-5-15(8)11(18)7-2-3-9(14-7)16(19)20/h2-3,8,13-14H,4-6H2,1H3,(H,12,17). The van der Waals surface area contributed by atoms with Crippen LogP contribution in [0.25, 0.3) is 0 Å². The van der Waals surface area contributed by atoms with Crippen molar-refractivity contribution in [2.45, 2.75) is 6.04 Å². The van der Waals surface area contributed by atoms with Gasteiger partial charge in [0.05, 0.1) is 0 Å². The topological polar surface area (TPSA) is 120 Å². The number of nitrogens with one attached hydrogen (secondary N) is 3. The molecule has 2 heterocycles. The van der Waals surface area contributed by atoms with E-state index in [2.05, 4.69) is 15.6 Å². The number of nitrogens with zero attached hydrogens (tertiary/aromatic N) is 2. The molecular weight excluding hydrogens is 266 g/mol. The first kappa shape index (κ1) is 14.0. The fraction of sp³-hybridized carbons (Fsp3) is 0.455. The minimum atomic E-state index is -0.622. The molecule has 0 radical (unpaired) electrons. The number of hydrogen-bond donors (Lipinski definition) is 3. The number of carbonyl (C=O) groups excluding carboxylic acids is 2. The van der Waals surface area contributed by atoms with Crippen LogP contribution in [0.2, 0.25) is 0 Å². The number of rotatable bonds is 3. The molecule has 3 N–H and O–H groups in total.